The molecule has 1 heterocycles. The van der Waals surface area contributed by atoms with Crippen molar-refractivity contribution < 1.29 is 27.1 Å². The summed E-state index contributed by atoms with van der Waals surface area (Å²) in [7, 11) is -2.38. The average molecular weight is 455 g/mol. The van der Waals surface area contributed by atoms with Gasteiger partial charge in [0.05, 0.1) is 5.56 Å². The fraction of sp³-hybridized carbons (Fsp3) is 0.409. The van der Waals surface area contributed by atoms with E-state index in [9.17, 15) is 27.1 Å². The standard InChI is InChI=1S/C22H25F3N2O3S/c23-22(24,25)16-2-1-3-18(12-16)27-21(28)15-6-4-14(5-7-15)19-13-20(19)26-17-8-10-31(29,30)11-9-17/h1-7,12,17,19-20,26,29-30H,8-11,13H2,(H,27,28). The van der Waals surface area contributed by atoms with Gasteiger partial charge in [0.1, 0.15) is 0 Å². The molecule has 1 saturated carbocycles. The Labute approximate surface area is 180 Å². The molecule has 0 spiro atoms. The second kappa shape index (κ2) is 8.46. The highest BCUT2D eigenvalue weighted by Crippen LogP contribution is 2.46. The van der Waals surface area contributed by atoms with Gasteiger partial charge in [-0.05, 0) is 55.2 Å². The minimum Gasteiger partial charge on any atom is -0.322 e. The summed E-state index contributed by atoms with van der Waals surface area (Å²) in [6.07, 6.45) is -1.95. The Morgan fingerprint density at radius 3 is 2.35 bits per heavy atom. The Balaban J connectivity index is 1.31. The minimum absolute atomic E-state index is 0.0967. The molecule has 2 atom stereocenters. The van der Waals surface area contributed by atoms with Crippen molar-refractivity contribution in [3.05, 3.63) is 65.2 Å². The molecule has 2 aromatic carbocycles. The van der Waals surface area contributed by atoms with Gasteiger partial charge in [0, 0.05) is 40.8 Å². The van der Waals surface area contributed by atoms with Gasteiger partial charge >= 0.3 is 6.18 Å². The molecule has 5 nitrogen and oxygen atoms in total. The van der Waals surface area contributed by atoms with Gasteiger partial charge in [0.15, 0.2) is 0 Å². The van der Waals surface area contributed by atoms with E-state index in [1.54, 1.807) is 12.1 Å². The first-order chi connectivity index (χ1) is 14.6. The van der Waals surface area contributed by atoms with Gasteiger partial charge < -0.3 is 10.6 Å². The zero-order valence-electron chi connectivity index (χ0n) is 16.7. The monoisotopic (exact) mass is 454 g/mol. The Hall–Kier alpha value is -2.07. The highest BCUT2D eigenvalue weighted by Gasteiger charge is 2.40. The van der Waals surface area contributed by atoms with E-state index in [1.165, 1.54) is 12.1 Å². The molecule has 168 valence electrons. The lowest BCUT2D eigenvalue weighted by Gasteiger charge is -2.39. The van der Waals surface area contributed by atoms with Crippen molar-refractivity contribution in [1.29, 1.82) is 0 Å². The zero-order valence-corrected chi connectivity index (χ0v) is 17.5. The maximum Gasteiger partial charge on any atom is 0.416 e. The van der Waals surface area contributed by atoms with E-state index in [1.807, 2.05) is 12.1 Å². The molecule has 4 rings (SSSR count). The molecule has 0 radical (unpaired) electrons. The van der Waals surface area contributed by atoms with Crippen LogP contribution in [0.1, 0.15) is 46.7 Å². The summed E-state index contributed by atoms with van der Waals surface area (Å²) in [4.78, 5) is 12.4. The number of benzene rings is 2. The van der Waals surface area contributed by atoms with Gasteiger partial charge in [0.2, 0.25) is 0 Å². The van der Waals surface area contributed by atoms with Crippen LogP contribution in [0.3, 0.4) is 0 Å². The third-order valence-electron chi connectivity index (χ3n) is 5.88. The van der Waals surface area contributed by atoms with Crippen LogP contribution in [0.25, 0.3) is 0 Å². The number of amides is 1. The second-order valence-electron chi connectivity index (χ2n) is 8.25. The maximum atomic E-state index is 12.8. The Kier molecular flexibility index (Phi) is 6.04. The fourth-order valence-corrected chi connectivity index (χ4v) is 5.51. The number of carbonyl (C=O) groups is 1. The normalized spacial score (nSPS) is 24.4. The molecule has 31 heavy (non-hydrogen) atoms. The van der Waals surface area contributed by atoms with Gasteiger partial charge in [-0.25, -0.2) is 0 Å². The molecule has 0 aromatic heterocycles. The van der Waals surface area contributed by atoms with Gasteiger partial charge in [-0.1, -0.05) is 18.2 Å². The van der Waals surface area contributed by atoms with E-state index in [-0.39, 0.29) is 5.69 Å². The molecule has 9 heteroatoms. The lowest BCUT2D eigenvalue weighted by Crippen LogP contribution is -2.37. The van der Waals surface area contributed by atoms with E-state index < -0.39 is 28.2 Å². The highest BCUT2D eigenvalue weighted by molar-refractivity contribution is 8.24. The highest BCUT2D eigenvalue weighted by atomic mass is 32.3. The summed E-state index contributed by atoms with van der Waals surface area (Å²) in [6, 6.07) is 12.3. The van der Waals surface area contributed by atoms with Crippen LogP contribution >= 0.6 is 10.6 Å². The molecule has 1 aliphatic carbocycles. The predicted octanol–water partition coefficient (Wildman–Crippen LogP) is 5.32. The molecule has 0 bridgehead atoms. The van der Waals surface area contributed by atoms with Crippen LogP contribution < -0.4 is 10.6 Å². The van der Waals surface area contributed by atoms with E-state index in [2.05, 4.69) is 10.6 Å². The Morgan fingerprint density at radius 1 is 1.03 bits per heavy atom. The second-order valence-corrected chi connectivity index (χ2v) is 10.7. The van der Waals surface area contributed by atoms with Crippen molar-refractivity contribution in [2.24, 2.45) is 0 Å². The number of hydrogen-bond donors (Lipinski definition) is 4. The largest absolute Gasteiger partial charge is 0.416 e. The number of nitrogens with one attached hydrogen (secondary N) is 2. The van der Waals surface area contributed by atoms with Crippen molar-refractivity contribution in [3.8, 4) is 0 Å². The van der Waals surface area contributed by atoms with Crippen molar-refractivity contribution in [1.82, 2.24) is 5.32 Å². The lowest BCUT2D eigenvalue weighted by atomic mass is 10.1. The first kappa shape index (κ1) is 22.1. The number of hydrogen-bond acceptors (Lipinski definition) is 4. The van der Waals surface area contributed by atoms with Crippen LogP contribution in [0.15, 0.2) is 48.5 Å². The third kappa shape index (κ3) is 5.60. The molecule has 2 fully saturated rings. The van der Waals surface area contributed by atoms with Crippen LogP contribution in [0.5, 0.6) is 0 Å². The first-order valence-corrected chi connectivity index (χ1v) is 12.1. The number of halogens is 3. The molecule has 1 aliphatic heterocycles. The number of alkyl halides is 3. The summed E-state index contributed by atoms with van der Waals surface area (Å²) in [6.45, 7) is 0. The molecule has 2 aromatic rings. The van der Waals surface area contributed by atoms with Crippen molar-refractivity contribution >= 4 is 22.2 Å². The Morgan fingerprint density at radius 2 is 1.71 bits per heavy atom. The van der Waals surface area contributed by atoms with Gasteiger partial charge in [-0.3, -0.25) is 13.9 Å². The van der Waals surface area contributed by atoms with Gasteiger partial charge in [-0.15, -0.1) is 0 Å². The lowest BCUT2D eigenvalue weighted by molar-refractivity contribution is -0.137. The van der Waals surface area contributed by atoms with E-state index in [0.717, 1.165) is 37.0 Å². The van der Waals surface area contributed by atoms with E-state index >= 15 is 0 Å². The van der Waals surface area contributed by atoms with Crippen LogP contribution in [0.2, 0.25) is 0 Å². The topological polar surface area (TPSA) is 81.6 Å². The summed E-state index contributed by atoms with van der Waals surface area (Å²) in [5.74, 6) is 0.801. The van der Waals surface area contributed by atoms with Gasteiger partial charge in [-0.2, -0.15) is 23.8 Å². The number of carbonyl (C=O) groups excluding carboxylic acids is 1. The van der Waals surface area contributed by atoms with E-state index in [0.29, 0.717) is 35.1 Å². The molecule has 1 amide bonds. The van der Waals surface area contributed by atoms with Crippen molar-refractivity contribution in [3.63, 3.8) is 0 Å². The first-order valence-electron chi connectivity index (χ1n) is 10.2. The molecule has 2 unspecified atom stereocenters. The van der Waals surface area contributed by atoms with Crippen LogP contribution in [-0.4, -0.2) is 38.6 Å². The molecule has 4 N–H and O–H groups in total. The smallest absolute Gasteiger partial charge is 0.322 e. The average Bonchev–Trinajstić information content (AvgIpc) is 3.48. The molecule has 1 saturated heterocycles. The van der Waals surface area contributed by atoms with Crippen LogP contribution in [-0.2, 0) is 6.18 Å². The summed E-state index contributed by atoms with van der Waals surface area (Å²) in [5.41, 5.74) is 0.771. The van der Waals surface area contributed by atoms with Crippen molar-refractivity contribution in [2.75, 3.05) is 16.8 Å². The zero-order chi connectivity index (χ0) is 22.2. The number of anilines is 1. The maximum absolute atomic E-state index is 12.8. The summed E-state index contributed by atoms with van der Waals surface area (Å²) < 4.78 is 57.9. The molecule has 2 aliphatic rings. The SMILES string of the molecule is O=C(Nc1cccc(C(F)(F)F)c1)c1ccc(C2CC2NC2CCS(O)(O)CC2)cc1. The summed E-state index contributed by atoms with van der Waals surface area (Å²) >= 11 is 0. The van der Waals surface area contributed by atoms with Crippen molar-refractivity contribution in [2.45, 2.75) is 43.4 Å². The molecular formula is C22H25F3N2O3S. The Bertz CT molecular complexity index is 940. The third-order valence-corrected chi connectivity index (χ3v) is 7.65. The summed E-state index contributed by atoms with van der Waals surface area (Å²) in [5, 5.41) is 6.10. The predicted molar refractivity (Wildman–Crippen MR) is 116 cm³/mol. The van der Waals surface area contributed by atoms with E-state index in [4.69, 9.17) is 0 Å². The van der Waals surface area contributed by atoms with Gasteiger partial charge in [0.25, 0.3) is 5.91 Å². The van der Waals surface area contributed by atoms with Crippen LogP contribution in [0.4, 0.5) is 18.9 Å². The fourth-order valence-electron chi connectivity index (χ4n) is 3.98. The number of rotatable bonds is 5. The molecular weight excluding hydrogens is 429 g/mol. The van der Waals surface area contributed by atoms with Crippen LogP contribution in [0, 0.1) is 0 Å². The quantitative estimate of drug-likeness (QED) is 0.493. The minimum atomic E-state index is -4.46.